The van der Waals surface area contributed by atoms with E-state index < -0.39 is 0 Å². The van der Waals surface area contributed by atoms with Gasteiger partial charge in [0.2, 0.25) is 0 Å². The summed E-state index contributed by atoms with van der Waals surface area (Å²) in [5.74, 6) is 0.912. The number of fused-ring (bicyclic) bond motifs is 1. The molecule has 1 atom stereocenters. The van der Waals surface area contributed by atoms with Gasteiger partial charge in [0, 0.05) is 30.7 Å². The Morgan fingerprint density at radius 3 is 3.21 bits per heavy atom. The molecule has 0 saturated heterocycles. The molecule has 2 aromatic rings. The van der Waals surface area contributed by atoms with Gasteiger partial charge >= 0.3 is 0 Å². The molecule has 100 valence electrons. The van der Waals surface area contributed by atoms with Crippen LogP contribution in [0.5, 0.6) is 0 Å². The van der Waals surface area contributed by atoms with E-state index in [9.17, 15) is 4.39 Å². The molecular formula is C14H16FN3S. The maximum absolute atomic E-state index is 13.4. The van der Waals surface area contributed by atoms with E-state index >= 15 is 0 Å². The zero-order valence-corrected chi connectivity index (χ0v) is 11.6. The van der Waals surface area contributed by atoms with Gasteiger partial charge in [-0.2, -0.15) is 0 Å². The molecule has 1 aliphatic heterocycles. The van der Waals surface area contributed by atoms with Crippen molar-refractivity contribution in [2.75, 3.05) is 5.75 Å². The summed E-state index contributed by atoms with van der Waals surface area (Å²) in [4.78, 5) is 5.29. The lowest BCUT2D eigenvalue weighted by Crippen LogP contribution is -2.25. The molecule has 0 saturated carbocycles. The second-order valence-corrected chi connectivity index (χ2v) is 5.89. The van der Waals surface area contributed by atoms with E-state index in [0.717, 1.165) is 30.0 Å². The van der Waals surface area contributed by atoms with Gasteiger partial charge in [-0.3, -0.25) is 0 Å². The molecule has 1 aromatic heterocycles. The molecule has 1 unspecified atom stereocenters. The Kier molecular flexibility index (Phi) is 3.57. The molecule has 0 aliphatic carbocycles. The number of thioether (sulfide) groups is 1. The van der Waals surface area contributed by atoms with Crippen molar-refractivity contribution >= 4 is 11.8 Å². The molecule has 2 heterocycles. The van der Waals surface area contributed by atoms with Crippen molar-refractivity contribution in [3.05, 3.63) is 47.8 Å². The average Bonchev–Trinajstić information content (AvgIpc) is 2.82. The number of hydrogen-bond donors (Lipinski definition) is 1. The van der Waals surface area contributed by atoms with Crippen LogP contribution < -0.4 is 5.32 Å². The maximum Gasteiger partial charge on any atom is 0.123 e. The molecule has 0 amide bonds. The highest BCUT2D eigenvalue weighted by Gasteiger charge is 2.21. The maximum atomic E-state index is 13.4. The van der Waals surface area contributed by atoms with Crippen molar-refractivity contribution in [2.45, 2.75) is 23.9 Å². The number of nitrogens with zero attached hydrogens (tertiary/aromatic N) is 2. The van der Waals surface area contributed by atoms with E-state index in [1.54, 1.807) is 24.2 Å². The fourth-order valence-corrected chi connectivity index (χ4v) is 3.47. The number of hydrogen-bond acceptors (Lipinski definition) is 3. The fraction of sp³-hybridized carbons (Fsp3) is 0.357. The van der Waals surface area contributed by atoms with E-state index in [-0.39, 0.29) is 11.9 Å². The third-order valence-corrected chi connectivity index (χ3v) is 4.58. The first-order valence-electron chi connectivity index (χ1n) is 6.35. The summed E-state index contributed by atoms with van der Waals surface area (Å²) in [5.41, 5.74) is 2.22. The number of rotatable bonds is 3. The lowest BCUT2D eigenvalue weighted by atomic mass is 10.0. The molecule has 0 spiro atoms. The SMILES string of the molecule is Cn1cncc1CNC1CCSc2ccc(F)cc21. The lowest BCUT2D eigenvalue weighted by molar-refractivity contribution is 0.495. The normalized spacial score (nSPS) is 18.3. The predicted molar refractivity (Wildman–Crippen MR) is 74.5 cm³/mol. The van der Waals surface area contributed by atoms with E-state index in [0.29, 0.717) is 0 Å². The Morgan fingerprint density at radius 1 is 1.53 bits per heavy atom. The molecule has 0 bridgehead atoms. The van der Waals surface area contributed by atoms with Gasteiger partial charge in [0.1, 0.15) is 5.82 Å². The molecule has 1 aliphatic rings. The number of aromatic nitrogens is 2. The number of nitrogens with one attached hydrogen (secondary N) is 1. The molecule has 19 heavy (non-hydrogen) atoms. The van der Waals surface area contributed by atoms with Gasteiger partial charge in [0.05, 0.1) is 12.0 Å². The van der Waals surface area contributed by atoms with E-state index in [4.69, 9.17) is 0 Å². The van der Waals surface area contributed by atoms with Crippen LogP contribution in [0.15, 0.2) is 35.6 Å². The van der Waals surface area contributed by atoms with Crippen LogP contribution in [0.4, 0.5) is 4.39 Å². The summed E-state index contributed by atoms with van der Waals surface area (Å²) in [5, 5.41) is 3.51. The summed E-state index contributed by atoms with van der Waals surface area (Å²) in [6.45, 7) is 0.752. The Labute approximate surface area is 116 Å². The van der Waals surface area contributed by atoms with Gasteiger partial charge in [-0.15, -0.1) is 11.8 Å². The van der Waals surface area contributed by atoms with Crippen molar-refractivity contribution in [1.29, 1.82) is 0 Å². The van der Waals surface area contributed by atoms with Crippen LogP contribution in [0.2, 0.25) is 0 Å². The number of halogens is 1. The zero-order chi connectivity index (χ0) is 13.2. The summed E-state index contributed by atoms with van der Waals surface area (Å²) in [6, 6.07) is 5.30. The Hall–Kier alpha value is -1.33. The number of aryl methyl sites for hydroxylation is 1. The van der Waals surface area contributed by atoms with Crippen LogP contribution in [-0.4, -0.2) is 15.3 Å². The second-order valence-electron chi connectivity index (χ2n) is 4.75. The Balaban J connectivity index is 1.76. The van der Waals surface area contributed by atoms with Crippen molar-refractivity contribution in [1.82, 2.24) is 14.9 Å². The van der Waals surface area contributed by atoms with Crippen molar-refractivity contribution in [3.63, 3.8) is 0 Å². The minimum atomic E-state index is -0.159. The average molecular weight is 277 g/mol. The third-order valence-electron chi connectivity index (χ3n) is 3.46. The molecule has 1 N–H and O–H groups in total. The molecule has 3 rings (SSSR count). The summed E-state index contributed by atoms with van der Waals surface area (Å²) >= 11 is 1.80. The van der Waals surface area contributed by atoms with Gasteiger partial charge in [0.25, 0.3) is 0 Å². The summed E-state index contributed by atoms with van der Waals surface area (Å²) in [7, 11) is 1.98. The van der Waals surface area contributed by atoms with Gasteiger partial charge in [-0.1, -0.05) is 0 Å². The lowest BCUT2D eigenvalue weighted by Gasteiger charge is -2.26. The van der Waals surface area contributed by atoms with Crippen molar-refractivity contribution < 1.29 is 4.39 Å². The Morgan fingerprint density at radius 2 is 2.42 bits per heavy atom. The molecular weight excluding hydrogens is 261 g/mol. The highest BCUT2D eigenvalue weighted by Crippen LogP contribution is 2.36. The molecule has 1 aromatic carbocycles. The van der Waals surface area contributed by atoms with Crippen LogP contribution in [-0.2, 0) is 13.6 Å². The van der Waals surface area contributed by atoms with Gasteiger partial charge < -0.3 is 9.88 Å². The molecule has 5 heteroatoms. The number of imidazole rings is 1. The van der Waals surface area contributed by atoms with Crippen molar-refractivity contribution in [2.24, 2.45) is 7.05 Å². The molecule has 0 fully saturated rings. The smallest absolute Gasteiger partial charge is 0.123 e. The Bertz CT molecular complexity index is 582. The minimum absolute atomic E-state index is 0.159. The largest absolute Gasteiger partial charge is 0.337 e. The quantitative estimate of drug-likeness (QED) is 0.935. The van der Waals surface area contributed by atoms with E-state index in [1.807, 2.05) is 23.9 Å². The highest BCUT2D eigenvalue weighted by molar-refractivity contribution is 7.99. The van der Waals surface area contributed by atoms with Crippen molar-refractivity contribution in [3.8, 4) is 0 Å². The van der Waals surface area contributed by atoms with E-state index in [2.05, 4.69) is 10.3 Å². The number of benzene rings is 1. The fourth-order valence-electron chi connectivity index (χ4n) is 2.36. The minimum Gasteiger partial charge on any atom is -0.337 e. The van der Waals surface area contributed by atoms with E-state index in [1.165, 1.54) is 11.0 Å². The monoisotopic (exact) mass is 277 g/mol. The van der Waals surface area contributed by atoms with Gasteiger partial charge in [-0.25, -0.2) is 9.37 Å². The van der Waals surface area contributed by atoms with Crippen LogP contribution in [0.3, 0.4) is 0 Å². The van der Waals surface area contributed by atoms with Crippen LogP contribution >= 0.6 is 11.8 Å². The van der Waals surface area contributed by atoms with Gasteiger partial charge in [-0.05, 0) is 35.9 Å². The first-order valence-corrected chi connectivity index (χ1v) is 7.33. The third kappa shape index (κ3) is 2.67. The highest BCUT2D eigenvalue weighted by atomic mass is 32.2. The molecule has 0 radical (unpaired) electrons. The van der Waals surface area contributed by atoms with Gasteiger partial charge in [0.15, 0.2) is 0 Å². The summed E-state index contributed by atoms with van der Waals surface area (Å²) in [6.07, 6.45) is 4.68. The van der Waals surface area contributed by atoms with Crippen LogP contribution in [0, 0.1) is 5.82 Å². The summed E-state index contributed by atoms with van der Waals surface area (Å²) < 4.78 is 15.4. The predicted octanol–water partition coefficient (Wildman–Crippen LogP) is 2.89. The zero-order valence-electron chi connectivity index (χ0n) is 10.8. The standard InChI is InChI=1S/C14H16FN3S/c1-18-9-16-7-11(18)8-17-13-4-5-19-14-3-2-10(15)6-12(13)14/h2-3,6-7,9,13,17H,4-5,8H2,1H3. The second kappa shape index (κ2) is 5.35. The van der Waals surface area contributed by atoms with Crippen LogP contribution in [0.25, 0.3) is 0 Å². The first kappa shape index (κ1) is 12.7. The first-order chi connectivity index (χ1) is 9.24. The topological polar surface area (TPSA) is 29.9 Å². The molecule has 3 nitrogen and oxygen atoms in total. The van der Waals surface area contributed by atoms with Crippen LogP contribution in [0.1, 0.15) is 23.7 Å².